The molecule has 6 heteroatoms. The first-order chi connectivity index (χ1) is 14.7. The van der Waals surface area contributed by atoms with Gasteiger partial charge in [0.05, 0.1) is 11.4 Å². The monoisotopic (exact) mass is 405 g/mol. The highest BCUT2D eigenvalue weighted by Crippen LogP contribution is 2.40. The summed E-state index contributed by atoms with van der Waals surface area (Å²) in [5.41, 5.74) is 3.04. The van der Waals surface area contributed by atoms with E-state index >= 15 is 0 Å². The molecule has 0 radical (unpaired) electrons. The molecule has 0 spiro atoms. The van der Waals surface area contributed by atoms with Crippen LogP contribution in [0, 0.1) is 0 Å². The zero-order valence-electron chi connectivity index (χ0n) is 17.1. The first-order valence-electron chi connectivity index (χ1n) is 10.9. The number of anilines is 2. The zero-order chi connectivity index (χ0) is 20.5. The fourth-order valence-corrected chi connectivity index (χ4v) is 4.60. The van der Waals surface area contributed by atoms with Crippen LogP contribution in [-0.4, -0.2) is 48.6 Å². The van der Waals surface area contributed by atoms with Crippen molar-refractivity contribution in [1.29, 1.82) is 0 Å². The highest BCUT2D eigenvalue weighted by atomic mass is 16.6. The van der Waals surface area contributed by atoms with Crippen molar-refractivity contribution in [2.75, 3.05) is 29.4 Å². The topological polar surface area (TPSA) is 53.1 Å². The lowest BCUT2D eigenvalue weighted by Gasteiger charge is -2.39. The van der Waals surface area contributed by atoms with Crippen LogP contribution < -0.4 is 9.80 Å². The van der Waals surface area contributed by atoms with Crippen LogP contribution in [0.3, 0.4) is 0 Å². The molecule has 2 amide bonds. The highest BCUT2D eigenvalue weighted by Gasteiger charge is 2.41. The van der Waals surface area contributed by atoms with Crippen molar-refractivity contribution in [1.82, 2.24) is 4.90 Å². The van der Waals surface area contributed by atoms with Crippen molar-refractivity contribution in [3.63, 3.8) is 0 Å². The van der Waals surface area contributed by atoms with Crippen LogP contribution in [0.5, 0.6) is 0 Å². The minimum absolute atomic E-state index is 0.00654. The van der Waals surface area contributed by atoms with Gasteiger partial charge in [-0.3, -0.25) is 9.69 Å². The Kier molecular flexibility index (Phi) is 5.07. The third-order valence-electron chi connectivity index (χ3n) is 6.28. The molecular weight excluding hydrogens is 378 g/mol. The van der Waals surface area contributed by atoms with Gasteiger partial charge in [0.2, 0.25) is 5.91 Å². The van der Waals surface area contributed by atoms with Crippen LogP contribution in [0.15, 0.2) is 54.6 Å². The zero-order valence-corrected chi connectivity index (χ0v) is 17.1. The number of benzene rings is 2. The molecule has 1 saturated carbocycles. The minimum atomic E-state index is -0.450. The van der Waals surface area contributed by atoms with Gasteiger partial charge in [0.15, 0.2) is 0 Å². The standard InChI is InChI=1S/C24H27N3O3/c28-23(26-16-15-25(19-12-13-19)20-9-4-5-10-21(20)26)22-11-6-14-27(22)24(29)30-17-18-7-2-1-3-8-18/h1-5,7-10,19,22H,6,11-17H2/t22-/m0/s1. The molecule has 2 aliphatic heterocycles. The van der Waals surface area contributed by atoms with Crippen LogP contribution in [-0.2, 0) is 16.1 Å². The van der Waals surface area contributed by atoms with E-state index < -0.39 is 12.1 Å². The summed E-state index contributed by atoms with van der Waals surface area (Å²) in [6.45, 7) is 2.29. The first-order valence-corrected chi connectivity index (χ1v) is 10.9. The van der Waals surface area contributed by atoms with Crippen LogP contribution >= 0.6 is 0 Å². The van der Waals surface area contributed by atoms with Gasteiger partial charge in [-0.25, -0.2) is 4.79 Å². The Hall–Kier alpha value is -3.02. The molecule has 3 aliphatic rings. The summed E-state index contributed by atoms with van der Waals surface area (Å²) in [5.74, 6) is 0.00654. The quantitative estimate of drug-likeness (QED) is 0.776. The Morgan fingerprint density at radius 3 is 2.37 bits per heavy atom. The van der Waals surface area contributed by atoms with Crippen molar-refractivity contribution in [3.05, 3.63) is 60.2 Å². The molecule has 2 aromatic carbocycles. The second-order valence-electron chi connectivity index (χ2n) is 8.29. The number of fused-ring (bicyclic) bond motifs is 1. The summed E-state index contributed by atoms with van der Waals surface area (Å²) in [7, 11) is 0. The summed E-state index contributed by atoms with van der Waals surface area (Å²) in [6.07, 6.45) is 3.56. The molecule has 1 atom stereocenters. The van der Waals surface area contributed by atoms with Crippen LogP contribution in [0.2, 0.25) is 0 Å². The van der Waals surface area contributed by atoms with Crippen molar-refractivity contribution in [3.8, 4) is 0 Å². The summed E-state index contributed by atoms with van der Waals surface area (Å²) in [6, 6.07) is 17.9. The van der Waals surface area contributed by atoms with Gasteiger partial charge in [0.25, 0.3) is 0 Å². The molecule has 0 aromatic heterocycles. The van der Waals surface area contributed by atoms with Gasteiger partial charge in [-0.1, -0.05) is 42.5 Å². The normalized spacial score (nSPS) is 20.8. The maximum atomic E-state index is 13.5. The SMILES string of the molecule is O=C([C@@H]1CCCN1C(=O)OCc1ccccc1)N1CCN(C2CC2)c2ccccc21. The second-order valence-corrected chi connectivity index (χ2v) is 8.29. The van der Waals surface area contributed by atoms with E-state index in [4.69, 9.17) is 4.74 Å². The lowest BCUT2D eigenvalue weighted by molar-refractivity contribution is -0.122. The Morgan fingerprint density at radius 1 is 0.867 bits per heavy atom. The molecular formula is C24H27N3O3. The van der Waals surface area contributed by atoms with E-state index in [1.54, 1.807) is 4.90 Å². The fraction of sp³-hybridized carbons (Fsp3) is 0.417. The number of carbonyl (C=O) groups is 2. The Morgan fingerprint density at radius 2 is 1.60 bits per heavy atom. The molecule has 1 aliphatic carbocycles. The van der Waals surface area contributed by atoms with Crippen molar-refractivity contribution in [2.45, 2.75) is 44.4 Å². The fourth-order valence-electron chi connectivity index (χ4n) is 4.60. The highest BCUT2D eigenvalue weighted by molar-refractivity contribution is 6.02. The number of hydrogen-bond acceptors (Lipinski definition) is 4. The van der Waals surface area contributed by atoms with Gasteiger partial charge >= 0.3 is 6.09 Å². The van der Waals surface area contributed by atoms with E-state index in [1.165, 1.54) is 12.8 Å². The van der Waals surface area contributed by atoms with Crippen molar-refractivity contribution < 1.29 is 14.3 Å². The smallest absolute Gasteiger partial charge is 0.410 e. The Balaban J connectivity index is 1.30. The number of ether oxygens (including phenoxy) is 1. The lowest BCUT2D eigenvalue weighted by Crippen LogP contribution is -2.52. The summed E-state index contributed by atoms with van der Waals surface area (Å²) in [5, 5.41) is 0. The molecule has 156 valence electrons. The van der Waals surface area contributed by atoms with E-state index in [9.17, 15) is 9.59 Å². The number of nitrogens with zero attached hydrogens (tertiary/aromatic N) is 3. The van der Waals surface area contributed by atoms with E-state index in [1.807, 2.05) is 53.4 Å². The lowest BCUT2D eigenvalue weighted by atomic mass is 10.1. The number of likely N-dealkylation sites (tertiary alicyclic amines) is 1. The number of para-hydroxylation sites is 2. The van der Waals surface area contributed by atoms with Gasteiger partial charge in [0.1, 0.15) is 12.6 Å². The Labute approximate surface area is 177 Å². The predicted molar refractivity (Wildman–Crippen MR) is 116 cm³/mol. The van der Waals surface area contributed by atoms with Gasteiger partial charge in [0, 0.05) is 25.7 Å². The number of hydrogen-bond donors (Lipinski definition) is 0. The predicted octanol–water partition coefficient (Wildman–Crippen LogP) is 3.80. The summed E-state index contributed by atoms with van der Waals surface area (Å²) in [4.78, 5) is 32.2. The third kappa shape index (κ3) is 3.62. The number of rotatable bonds is 4. The molecule has 0 unspecified atom stereocenters. The number of carbonyl (C=O) groups excluding carboxylic acids is 2. The van der Waals surface area contributed by atoms with E-state index in [2.05, 4.69) is 11.0 Å². The molecule has 2 aromatic rings. The molecule has 0 bridgehead atoms. The average molecular weight is 405 g/mol. The largest absolute Gasteiger partial charge is 0.445 e. The number of amides is 2. The van der Waals surface area contributed by atoms with E-state index in [0.717, 1.165) is 29.9 Å². The van der Waals surface area contributed by atoms with Crippen molar-refractivity contribution >= 4 is 23.4 Å². The molecule has 2 fully saturated rings. The summed E-state index contributed by atoms with van der Waals surface area (Å²) >= 11 is 0. The maximum absolute atomic E-state index is 13.5. The van der Waals surface area contributed by atoms with Gasteiger partial charge in [-0.05, 0) is 43.4 Å². The van der Waals surface area contributed by atoms with Crippen LogP contribution in [0.4, 0.5) is 16.2 Å². The first kappa shape index (κ1) is 19.0. The van der Waals surface area contributed by atoms with Crippen molar-refractivity contribution in [2.24, 2.45) is 0 Å². The molecule has 0 N–H and O–H groups in total. The van der Waals surface area contributed by atoms with Crippen LogP contribution in [0.25, 0.3) is 0 Å². The second kappa shape index (κ2) is 8.01. The van der Waals surface area contributed by atoms with Crippen LogP contribution in [0.1, 0.15) is 31.2 Å². The van der Waals surface area contributed by atoms with E-state index in [0.29, 0.717) is 25.6 Å². The average Bonchev–Trinajstić information content (AvgIpc) is 3.52. The van der Waals surface area contributed by atoms with Gasteiger partial charge in [-0.2, -0.15) is 0 Å². The maximum Gasteiger partial charge on any atom is 0.410 e. The van der Waals surface area contributed by atoms with Gasteiger partial charge in [-0.15, -0.1) is 0 Å². The minimum Gasteiger partial charge on any atom is -0.445 e. The molecule has 1 saturated heterocycles. The molecule has 2 heterocycles. The Bertz CT molecular complexity index is 928. The molecule has 5 rings (SSSR count). The van der Waals surface area contributed by atoms with Gasteiger partial charge < -0.3 is 14.5 Å². The summed E-state index contributed by atoms with van der Waals surface area (Å²) < 4.78 is 5.51. The third-order valence-corrected chi connectivity index (χ3v) is 6.28. The van der Waals surface area contributed by atoms with E-state index in [-0.39, 0.29) is 12.5 Å². The molecule has 6 nitrogen and oxygen atoms in total. The molecule has 30 heavy (non-hydrogen) atoms.